The van der Waals surface area contributed by atoms with Crippen molar-refractivity contribution in [2.24, 2.45) is 5.84 Å². The predicted molar refractivity (Wildman–Crippen MR) is 102 cm³/mol. The van der Waals surface area contributed by atoms with Crippen LogP contribution in [0.1, 0.15) is 18.4 Å². The number of nitrogens with two attached hydrogens (primary N) is 1. The molecule has 2 amide bonds. The summed E-state index contributed by atoms with van der Waals surface area (Å²) >= 11 is 0. The van der Waals surface area contributed by atoms with Gasteiger partial charge >= 0.3 is 16.4 Å². The lowest BCUT2D eigenvalue weighted by Gasteiger charge is -2.40. The molecule has 1 aromatic heterocycles. The van der Waals surface area contributed by atoms with E-state index in [4.69, 9.17) is 10.6 Å². The van der Waals surface area contributed by atoms with Gasteiger partial charge in [0, 0.05) is 24.4 Å². The molecule has 1 aliphatic heterocycles. The molecule has 17 heteroatoms. The van der Waals surface area contributed by atoms with E-state index in [0.29, 0.717) is 24.1 Å². The molecular formula is C17H15F8N5O3S. The van der Waals surface area contributed by atoms with Crippen LogP contribution in [0.15, 0.2) is 35.5 Å². The van der Waals surface area contributed by atoms with Gasteiger partial charge in [0.1, 0.15) is 17.3 Å². The van der Waals surface area contributed by atoms with E-state index in [1.165, 1.54) is 0 Å². The molecule has 34 heavy (non-hydrogen) atoms. The molecular weight excluding hydrogens is 506 g/mol. The number of halogens is 8. The van der Waals surface area contributed by atoms with E-state index in [9.17, 15) is 42.2 Å². The van der Waals surface area contributed by atoms with Crippen LogP contribution in [-0.4, -0.2) is 44.3 Å². The van der Waals surface area contributed by atoms with Crippen molar-refractivity contribution in [2.45, 2.75) is 30.0 Å². The number of amides is 2. The van der Waals surface area contributed by atoms with Gasteiger partial charge in [-0.3, -0.25) is 9.59 Å². The molecule has 2 N–H and O–H groups in total. The third-order valence-corrected chi connectivity index (χ3v) is 5.62. The Kier molecular flexibility index (Phi) is 5.82. The summed E-state index contributed by atoms with van der Waals surface area (Å²) in [6.07, 6.45) is -2.98. The van der Waals surface area contributed by atoms with Crippen LogP contribution in [-0.2, 0) is 20.5 Å². The van der Waals surface area contributed by atoms with Gasteiger partial charge in [-0.1, -0.05) is 19.4 Å². The summed E-state index contributed by atoms with van der Waals surface area (Å²) in [7, 11) is -10.5. The van der Waals surface area contributed by atoms with Crippen molar-refractivity contribution in [3.8, 4) is 11.4 Å². The number of carbonyl (C=O) groups is 2. The summed E-state index contributed by atoms with van der Waals surface area (Å²) in [6, 6.07) is -0.724. The van der Waals surface area contributed by atoms with Gasteiger partial charge in [-0.25, -0.2) is 20.5 Å². The van der Waals surface area contributed by atoms with Gasteiger partial charge in [0.2, 0.25) is 0 Å². The zero-order valence-electron chi connectivity index (χ0n) is 16.7. The van der Waals surface area contributed by atoms with Gasteiger partial charge in [-0.05, 0) is 31.0 Å². The van der Waals surface area contributed by atoms with Crippen LogP contribution in [0.5, 0.6) is 0 Å². The molecule has 1 aliphatic rings. The maximum absolute atomic E-state index is 13.2. The lowest BCUT2D eigenvalue weighted by atomic mass is 10.1. The van der Waals surface area contributed by atoms with Crippen molar-refractivity contribution >= 4 is 28.2 Å². The van der Waals surface area contributed by atoms with E-state index in [-0.39, 0.29) is 17.1 Å². The molecule has 188 valence electrons. The lowest BCUT2D eigenvalue weighted by molar-refractivity contribution is -0.149. The number of alkyl halides is 3. The van der Waals surface area contributed by atoms with E-state index in [1.54, 1.807) is 0 Å². The minimum absolute atomic E-state index is 0.170. The number of aromatic nitrogens is 3. The van der Waals surface area contributed by atoms with Crippen molar-refractivity contribution < 1.29 is 46.9 Å². The van der Waals surface area contributed by atoms with E-state index in [0.717, 1.165) is 18.6 Å². The van der Waals surface area contributed by atoms with Crippen LogP contribution in [0.4, 0.5) is 32.6 Å². The number of imide groups is 1. The number of hydrogen-bond donors (Lipinski definition) is 1. The lowest BCUT2D eigenvalue weighted by Crippen LogP contribution is -2.46. The molecule has 1 saturated heterocycles. The van der Waals surface area contributed by atoms with Crippen LogP contribution in [0, 0.1) is 0 Å². The van der Waals surface area contributed by atoms with Crippen LogP contribution in [0.25, 0.3) is 17.6 Å². The summed E-state index contributed by atoms with van der Waals surface area (Å²) in [5.41, 5.74) is -2.98. The van der Waals surface area contributed by atoms with E-state index in [1.807, 2.05) is 0 Å². The van der Waals surface area contributed by atoms with Crippen molar-refractivity contribution in [3.63, 3.8) is 0 Å². The Morgan fingerprint density at radius 3 is 2.41 bits per heavy atom. The third-order valence-electron chi connectivity index (χ3n) is 4.50. The van der Waals surface area contributed by atoms with Gasteiger partial charge in [-0.2, -0.15) is 13.2 Å². The van der Waals surface area contributed by atoms with Crippen LogP contribution in [0.2, 0.25) is 0 Å². The summed E-state index contributed by atoms with van der Waals surface area (Å²) in [5, 5.41) is 3.82. The van der Waals surface area contributed by atoms with Crippen LogP contribution in [0.3, 0.4) is 0 Å². The second-order valence-corrected chi connectivity index (χ2v) is 9.53. The summed E-state index contributed by atoms with van der Waals surface area (Å²) in [6.45, 7) is 0.315. The molecule has 0 spiro atoms. The standard InChI is InChI=1S/C17H15F8N5O3S/c18-17(19,20)11-6-10(7-12(8-11)34(21,22,23,24)25)15-27-9-29(28-15)4-3-14(31)30(26)16(32)13-2-1-5-33-13/h3-4,6-9,13H,1-2,5,26H2. The Bertz CT molecular complexity index is 1160. The number of hydrogen-bond acceptors (Lipinski definition) is 6. The number of hydrazine groups is 1. The summed E-state index contributed by atoms with van der Waals surface area (Å²) in [5.74, 6) is 2.78. The molecule has 2 heterocycles. The Balaban J connectivity index is 1.88. The molecule has 1 fully saturated rings. The van der Waals surface area contributed by atoms with Crippen molar-refractivity contribution in [1.82, 2.24) is 19.8 Å². The first kappa shape index (κ1) is 25.6. The first-order valence-corrected chi connectivity index (χ1v) is 11.1. The quantitative estimate of drug-likeness (QED) is 0.204. The molecule has 2 aromatic rings. The average Bonchev–Trinajstić information content (AvgIpc) is 3.40. The number of benzene rings is 1. The van der Waals surface area contributed by atoms with Crippen LogP contribution < -0.4 is 5.84 Å². The molecule has 1 aromatic carbocycles. The van der Waals surface area contributed by atoms with Crippen molar-refractivity contribution in [2.75, 3.05) is 6.61 Å². The van der Waals surface area contributed by atoms with E-state index < -0.39 is 62.2 Å². The highest BCUT2D eigenvalue weighted by molar-refractivity contribution is 8.45. The SMILES string of the molecule is NN(C(=O)C=Cn1cnc(-c2cc(C(F)(F)F)cc(S(F)(F)(F)(F)F)c2)n1)C(=O)C1CCCO1. The van der Waals surface area contributed by atoms with Gasteiger partial charge in [0.05, 0.1) is 5.56 Å². The monoisotopic (exact) mass is 521 g/mol. The zero-order chi connectivity index (χ0) is 25.6. The maximum Gasteiger partial charge on any atom is 0.416 e. The fourth-order valence-electron chi connectivity index (χ4n) is 2.85. The van der Waals surface area contributed by atoms with Gasteiger partial charge < -0.3 is 4.74 Å². The molecule has 3 rings (SSSR count). The smallest absolute Gasteiger partial charge is 0.368 e. The first-order valence-electron chi connectivity index (χ1n) is 9.15. The average molecular weight is 521 g/mol. The number of ether oxygens (including phenoxy) is 1. The second-order valence-electron chi connectivity index (χ2n) is 7.12. The van der Waals surface area contributed by atoms with Crippen LogP contribution >= 0.6 is 10.2 Å². The number of carbonyl (C=O) groups excluding carboxylic acids is 2. The minimum atomic E-state index is -10.5. The Morgan fingerprint density at radius 1 is 1.18 bits per heavy atom. The normalized spacial score (nSPS) is 19.1. The van der Waals surface area contributed by atoms with E-state index >= 15 is 0 Å². The van der Waals surface area contributed by atoms with Crippen molar-refractivity contribution in [3.05, 3.63) is 36.2 Å². The van der Waals surface area contributed by atoms with E-state index in [2.05, 4.69) is 10.1 Å². The van der Waals surface area contributed by atoms with Gasteiger partial charge in [0.15, 0.2) is 5.82 Å². The highest BCUT2D eigenvalue weighted by atomic mass is 32.5. The largest absolute Gasteiger partial charge is 0.416 e. The molecule has 0 bridgehead atoms. The zero-order valence-corrected chi connectivity index (χ0v) is 17.5. The highest BCUT2D eigenvalue weighted by Gasteiger charge is 2.66. The Morgan fingerprint density at radius 2 is 1.85 bits per heavy atom. The summed E-state index contributed by atoms with van der Waals surface area (Å²) < 4.78 is 111. The molecule has 8 nitrogen and oxygen atoms in total. The number of nitrogens with zero attached hydrogens (tertiary/aromatic N) is 4. The maximum atomic E-state index is 13.2. The van der Waals surface area contributed by atoms with Crippen molar-refractivity contribution in [1.29, 1.82) is 0 Å². The molecule has 1 unspecified atom stereocenters. The number of rotatable bonds is 5. The highest BCUT2D eigenvalue weighted by Crippen LogP contribution is 3.02. The van der Waals surface area contributed by atoms with Gasteiger partial charge in [0.25, 0.3) is 11.8 Å². The summed E-state index contributed by atoms with van der Waals surface area (Å²) in [4.78, 5) is 24.8. The topological polar surface area (TPSA) is 103 Å². The molecule has 0 radical (unpaired) electrons. The third kappa shape index (κ3) is 5.89. The minimum Gasteiger partial charge on any atom is -0.368 e. The molecule has 0 aliphatic carbocycles. The Hall–Kier alpha value is -3.05. The fraction of sp³-hybridized carbons (Fsp3) is 0.294. The second kappa shape index (κ2) is 7.74. The molecule has 0 saturated carbocycles. The first-order chi connectivity index (χ1) is 15.3. The predicted octanol–water partition coefficient (Wildman–Crippen LogP) is 4.50. The Labute approximate surface area is 185 Å². The molecule has 1 atom stereocenters. The fourth-order valence-corrected chi connectivity index (χ4v) is 3.55. The van der Waals surface area contributed by atoms with Gasteiger partial charge in [-0.15, -0.1) is 5.10 Å².